The number of nitrogens with one attached hydrogen (secondary N) is 1. The molecule has 0 aliphatic rings. The van der Waals surface area contributed by atoms with Gasteiger partial charge in [0.1, 0.15) is 5.75 Å². The molecule has 0 aliphatic heterocycles. The summed E-state index contributed by atoms with van der Waals surface area (Å²) in [6.45, 7) is 5.34. The van der Waals surface area contributed by atoms with Crippen LogP contribution in [0.2, 0.25) is 0 Å². The molecule has 3 aromatic rings. The van der Waals surface area contributed by atoms with Gasteiger partial charge in [0.25, 0.3) is 0 Å². The zero-order valence-electron chi connectivity index (χ0n) is 19.9. The molecule has 0 fully saturated rings. The molecule has 0 saturated heterocycles. The van der Waals surface area contributed by atoms with Gasteiger partial charge in [-0.15, -0.1) is 6.42 Å². The van der Waals surface area contributed by atoms with Crippen molar-refractivity contribution in [3.63, 3.8) is 0 Å². The van der Waals surface area contributed by atoms with Crippen LogP contribution in [0.25, 0.3) is 0 Å². The number of sulfonamides is 1. The van der Waals surface area contributed by atoms with Crippen molar-refractivity contribution in [1.29, 1.82) is 0 Å². The average Bonchev–Trinajstić information content (AvgIpc) is 2.82. The van der Waals surface area contributed by atoms with Gasteiger partial charge in [-0.3, -0.25) is 0 Å². The first-order chi connectivity index (χ1) is 16.2. The maximum atomic E-state index is 13.7. The minimum Gasteiger partial charge on any atom is -0.496 e. The summed E-state index contributed by atoms with van der Waals surface area (Å²) in [5.41, 5.74) is 3.49. The van der Waals surface area contributed by atoms with Crippen LogP contribution in [-0.4, -0.2) is 26.7 Å². The maximum Gasteiger partial charge on any atom is 0.241 e. The third-order valence-electron chi connectivity index (χ3n) is 6.18. The van der Waals surface area contributed by atoms with Gasteiger partial charge in [-0.05, 0) is 61.1 Å². The minimum absolute atomic E-state index is 0.203. The van der Waals surface area contributed by atoms with Crippen LogP contribution in [0.3, 0.4) is 0 Å². The van der Waals surface area contributed by atoms with Crippen LogP contribution in [0.15, 0.2) is 71.6 Å². The first-order valence-corrected chi connectivity index (χ1v) is 12.6. The molecule has 3 aromatic carbocycles. The number of hydrogen-bond acceptors (Lipinski definition) is 4. The van der Waals surface area contributed by atoms with Gasteiger partial charge >= 0.3 is 0 Å². The number of rotatable bonds is 9. The highest BCUT2D eigenvalue weighted by atomic mass is 32.2. The van der Waals surface area contributed by atoms with Crippen molar-refractivity contribution < 1.29 is 18.3 Å². The molecule has 0 aliphatic carbocycles. The van der Waals surface area contributed by atoms with Gasteiger partial charge in [-0.2, -0.15) is 0 Å². The summed E-state index contributed by atoms with van der Waals surface area (Å²) in [4.78, 5) is 0.203. The van der Waals surface area contributed by atoms with Crippen molar-refractivity contribution in [2.24, 2.45) is 5.92 Å². The lowest BCUT2D eigenvalue weighted by Gasteiger charge is -2.29. The number of aliphatic hydroxyl groups is 1. The average molecular weight is 478 g/mol. The molecular formula is C28H31NO4S. The topological polar surface area (TPSA) is 75.6 Å². The van der Waals surface area contributed by atoms with Crippen molar-refractivity contribution in [2.75, 3.05) is 7.11 Å². The molecule has 3 rings (SSSR count). The first-order valence-electron chi connectivity index (χ1n) is 11.1. The van der Waals surface area contributed by atoms with Crippen molar-refractivity contribution in [3.8, 4) is 18.1 Å². The Morgan fingerprint density at radius 2 is 1.59 bits per heavy atom. The summed E-state index contributed by atoms with van der Waals surface area (Å²) in [6.07, 6.45) is 5.17. The van der Waals surface area contributed by atoms with Crippen LogP contribution in [0.5, 0.6) is 5.75 Å². The predicted molar refractivity (Wildman–Crippen MR) is 135 cm³/mol. The van der Waals surface area contributed by atoms with Crippen LogP contribution in [0.1, 0.15) is 33.9 Å². The van der Waals surface area contributed by atoms with E-state index >= 15 is 0 Å². The molecule has 0 unspecified atom stereocenters. The molecular weight excluding hydrogens is 446 g/mol. The highest BCUT2D eigenvalue weighted by molar-refractivity contribution is 7.89. The van der Waals surface area contributed by atoms with E-state index in [2.05, 4.69) is 10.6 Å². The number of aryl methyl sites for hydroxylation is 1. The lowest BCUT2D eigenvalue weighted by Crippen LogP contribution is -2.44. The van der Waals surface area contributed by atoms with Gasteiger partial charge < -0.3 is 9.84 Å². The second kappa shape index (κ2) is 10.9. The predicted octanol–water partition coefficient (Wildman–Crippen LogP) is 4.49. The van der Waals surface area contributed by atoms with E-state index in [4.69, 9.17) is 11.2 Å². The van der Waals surface area contributed by atoms with E-state index in [1.54, 1.807) is 39.2 Å². The van der Waals surface area contributed by atoms with Gasteiger partial charge in [0.05, 0.1) is 24.0 Å². The number of aliphatic hydroxyl groups excluding tert-OH is 1. The number of hydrogen-bond donors (Lipinski definition) is 2. The third kappa shape index (κ3) is 5.51. The van der Waals surface area contributed by atoms with E-state index < -0.39 is 28.1 Å². The molecule has 5 nitrogen and oxygen atoms in total. The highest BCUT2D eigenvalue weighted by Crippen LogP contribution is 2.32. The van der Waals surface area contributed by atoms with Crippen LogP contribution in [0, 0.1) is 39.0 Å². The Balaban J connectivity index is 2.05. The zero-order chi connectivity index (χ0) is 24.9. The third-order valence-corrected chi connectivity index (χ3v) is 7.96. The Morgan fingerprint density at radius 1 is 1.00 bits per heavy atom. The Labute approximate surface area is 202 Å². The van der Waals surface area contributed by atoms with Gasteiger partial charge in [0.15, 0.2) is 0 Å². The summed E-state index contributed by atoms with van der Waals surface area (Å²) in [6, 6.07) is 19.5. The van der Waals surface area contributed by atoms with Gasteiger partial charge in [-0.1, -0.05) is 66.6 Å². The standard InChI is InChI=1S/C28H31NO4S/c1-6-24(27(30)23-15-11-8-12-16-23)25(18-22-13-9-7-10-14-22)29-34(31,32)28-19(2)17-26(33-5)20(3)21(28)4/h1,7-17,24-25,27,29-30H,18H2,2-5H3/t24-,25+,27-/m1/s1. The van der Waals surface area contributed by atoms with E-state index in [1.807, 2.05) is 55.5 Å². The Hall–Kier alpha value is -3.11. The van der Waals surface area contributed by atoms with E-state index in [1.165, 1.54) is 0 Å². The summed E-state index contributed by atoms with van der Waals surface area (Å²) < 4.78 is 35.6. The molecule has 0 saturated carbocycles. The van der Waals surface area contributed by atoms with Crippen LogP contribution < -0.4 is 9.46 Å². The molecule has 2 N–H and O–H groups in total. The van der Waals surface area contributed by atoms with Crippen LogP contribution >= 0.6 is 0 Å². The fourth-order valence-electron chi connectivity index (χ4n) is 4.30. The Kier molecular flexibility index (Phi) is 8.16. The fourth-order valence-corrected chi connectivity index (χ4v) is 6.09. The SMILES string of the molecule is C#C[C@H]([C@H](Cc1ccccc1)NS(=O)(=O)c1c(C)cc(OC)c(C)c1C)[C@H](O)c1ccccc1. The van der Waals surface area contributed by atoms with E-state index in [0.29, 0.717) is 28.9 Å². The normalized spacial score (nSPS) is 14.1. The number of methoxy groups -OCH3 is 1. The molecule has 0 aromatic heterocycles. The van der Waals surface area contributed by atoms with E-state index in [-0.39, 0.29) is 4.90 Å². The van der Waals surface area contributed by atoms with Crippen LogP contribution in [0.4, 0.5) is 0 Å². The minimum atomic E-state index is -3.97. The highest BCUT2D eigenvalue weighted by Gasteiger charge is 2.33. The zero-order valence-corrected chi connectivity index (χ0v) is 20.8. The number of benzene rings is 3. The second-order valence-electron chi connectivity index (χ2n) is 8.44. The lowest BCUT2D eigenvalue weighted by atomic mass is 9.87. The molecule has 6 heteroatoms. The Morgan fingerprint density at radius 3 is 2.15 bits per heavy atom. The summed E-state index contributed by atoms with van der Waals surface area (Å²) >= 11 is 0. The quantitative estimate of drug-likeness (QED) is 0.445. The smallest absolute Gasteiger partial charge is 0.241 e. The monoisotopic (exact) mass is 477 g/mol. The summed E-state index contributed by atoms with van der Waals surface area (Å²) in [7, 11) is -2.41. The molecule has 0 spiro atoms. The summed E-state index contributed by atoms with van der Waals surface area (Å²) in [5, 5.41) is 11.1. The first kappa shape index (κ1) is 25.5. The molecule has 0 bridgehead atoms. The fraction of sp³-hybridized carbons (Fsp3) is 0.286. The van der Waals surface area contributed by atoms with E-state index in [0.717, 1.165) is 11.1 Å². The van der Waals surface area contributed by atoms with Crippen molar-refractivity contribution in [1.82, 2.24) is 4.72 Å². The number of ether oxygens (including phenoxy) is 1. The van der Waals surface area contributed by atoms with Crippen molar-refractivity contribution >= 4 is 10.0 Å². The van der Waals surface area contributed by atoms with Gasteiger partial charge in [-0.25, -0.2) is 13.1 Å². The lowest BCUT2D eigenvalue weighted by molar-refractivity contribution is 0.119. The largest absolute Gasteiger partial charge is 0.496 e. The van der Waals surface area contributed by atoms with Crippen LogP contribution in [-0.2, 0) is 16.4 Å². The van der Waals surface area contributed by atoms with Crippen molar-refractivity contribution in [2.45, 2.75) is 44.2 Å². The Bertz CT molecular complexity index is 1270. The molecule has 34 heavy (non-hydrogen) atoms. The number of terminal acetylenes is 1. The molecule has 178 valence electrons. The van der Waals surface area contributed by atoms with Crippen molar-refractivity contribution in [3.05, 3.63) is 94.5 Å². The summed E-state index contributed by atoms with van der Waals surface area (Å²) in [5.74, 6) is 2.50. The molecule has 0 heterocycles. The second-order valence-corrected chi connectivity index (χ2v) is 10.1. The molecule has 0 radical (unpaired) electrons. The van der Waals surface area contributed by atoms with Gasteiger partial charge in [0.2, 0.25) is 10.0 Å². The molecule has 0 amide bonds. The van der Waals surface area contributed by atoms with Gasteiger partial charge in [0, 0.05) is 6.04 Å². The maximum absolute atomic E-state index is 13.7. The van der Waals surface area contributed by atoms with E-state index in [9.17, 15) is 13.5 Å². The molecule has 3 atom stereocenters.